The van der Waals surface area contributed by atoms with E-state index >= 15 is 0 Å². The fourth-order valence-corrected chi connectivity index (χ4v) is 3.30. The summed E-state index contributed by atoms with van der Waals surface area (Å²) in [7, 11) is 0. The predicted molar refractivity (Wildman–Crippen MR) is 92.0 cm³/mol. The third-order valence-electron chi connectivity index (χ3n) is 4.19. The molecule has 0 aromatic heterocycles. The summed E-state index contributed by atoms with van der Waals surface area (Å²) in [4.78, 5) is 0. The Balaban J connectivity index is 0.00000144. The van der Waals surface area contributed by atoms with Crippen LogP contribution in [0.3, 0.4) is 0 Å². The molecule has 0 saturated carbocycles. The predicted octanol–water partition coefficient (Wildman–Crippen LogP) is 3.00. The van der Waals surface area contributed by atoms with Gasteiger partial charge in [0, 0.05) is 0 Å². The Bertz CT molecular complexity index is 955. The van der Waals surface area contributed by atoms with Gasteiger partial charge >= 0.3 is 18.9 Å². The van der Waals surface area contributed by atoms with Crippen LogP contribution in [0.15, 0.2) is 66.7 Å². The second-order valence-corrected chi connectivity index (χ2v) is 5.87. The Hall–Kier alpha value is -1.87. The largest absolute Gasteiger partial charge is 1.00 e. The summed E-state index contributed by atoms with van der Waals surface area (Å²) < 4.78 is 0. The van der Waals surface area contributed by atoms with E-state index in [0.717, 1.165) is 0 Å². The third kappa shape index (κ3) is 2.39. The van der Waals surface area contributed by atoms with Crippen LogP contribution in [0.4, 0.5) is 0 Å². The van der Waals surface area contributed by atoms with Crippen molar-refractivity contribution in [3.05, 3.63) is 77.9 Å². The molecule has 0 N–H and O–H groups in total. The van der Waals surface area contributed by atoms with Crippen LogP contribution in [0, 0.1) is 13.8 Å². The molecule has 22 heavy (non-hydrogen) atoms. The van der Waals surface area contributed by atoms with Crippen LogP contribution in [0.25, 0.3) is 32.7 Å². The Labute approximate surface area is 143 Å². The monoisotopic (exact) mass is 276 g/mol. The normalized spacial score (nSPS) is 10.8. The minimum atomic E-state index is 0. The fourth-order valence-electron chi connectivity index (χ4n) is 3.30. The van der Waals surface area contributed by atoms with Crippen LogP contribution >= 0.6 is 0 Å². The third-order valence-corrected chi connectivity index (χ3v) is 4.19. The molecule has 0 spiro atoms. The van der Waals surface area contributed by atoms with E-state index in [1.807, 2.05) is 0 Å². The van der Waals surface area contributed by atoms with Crippen molar-refractivity contribution in [3.8, 4) is 11.1 Å². The molecule has 4 aromatic carbocycles. The van der Waals surface area contributed by atoms with E-state index in [0.29, 0.717) is 0 Å². The minimum absolute atomic E-state index is 0. The number of rotatable bonds is 1. The Morgan fingerprint density at radius 2 is 1.50 bits per heavy atom. The van der Waals surface area contributed by atoms with Gasteiger partial charge in [0.25, 0.3) is 0 Å². The second kappa shape index (κ2) is 5.73. The van der Waals surface area contributed by atoms with Gasteiger partial charge in [-0.25, -0.2) is 0 Å². The van der Waals surface area contributed by atoms with Gasteiger partial charge in [-0.3, -0.25) is 0 Å². The minimum Gasteiger partial charge on any atom is -0.165 e. The SMILES string of the molecule is Cc1cc(-c2cccc3ccccc23)c2cc(C)[cH-]c2c1.[Li+]. The maximum absolute atomic E-state index is 2.31. The zero-order chi connectivity index (χ0) is 14.4. The van der Waals surface area contributed by atoms with Crippen molar-refractivity contribution in [1.29, 1.82) is 0 Å². The topological polar surface area (TPSA) is 0 Å². The number of hydrogen-bond donors (Lipinski definition) is 0. The van der Waals surface area contributed by atoms with E-state index in [2.05, 4.69) is 80.6 Å². The van der Waals surface area contributed by atoms with Crippen molar-refractivity contribution < 1.29 is 18.9 Å². The summed E-state index contributed by atoms with van der Waals surface area (Å²) in [6.45, 7) is 4.35. The van der Waals surface area contributed by atoms with E-state index < -0.39 is 0 Å². The number of benzene rings is 3. The molecule has 0 aliphatic carbocycles. The summed E-state index contributed by atoms with van der Waals surface area (Å²) in [5.74, 6) is 0. The van der Waals surface area contributed by atoms with Crippen LogP contribution in [-0.2, 0) is 0 Å². The van der Waals surface area contributed by atoms with E-state index in [4.69, 9.17) is 0 Å². The first kappa shape index (κ1) is 15.0. The van der Waals surface area contributed by atoms with Crippen molar-refractivity contribution >= 4 is 21.5 Å². The molecule has 0 unspecified atom stereocenters. The molecule has 102 valence electrons. The van der Waals surface area contributed by atoms with Gasteiger partial charge in [-0.1, -0.05) is 66.6 Å². The zero-order valence-corrected chi connectivity index (χ0v) is 13.4. The van der Waals surface area contributed by atoms with Gasteiger partial charge in [0.15, 0.2) is 0 Å². The summed E-state index contributed by atoms with van der Waals surface area (Å²) in [6.07, 6.45) is 0. The molecule has 4 rings (SSSR count). The fraction of sp³-hybridized carbons (Fsp3) is 0.0952. The molecule has 0 aliphatic heterocycles. The van der Waals surface area contributed by atoms with Gasteiger partial charge in [0.1, 0.15) is 0 Å². The average Bonchev–Trinajstić information content (AvgIpc) is 2.86. The second-order valence-electron chi connectivity index (χ2n) is 5.87. The molecule has 0 atom stereocenters. The average molecular weight is 276 g/mol. The molecule has 0 fully saturated rings. The molecule has 0 bridgehead atoms. The first-order valence-corrected chi connectivity index (χ1v) is 7.38. The van der Waals surface area contributed by atoms with Crippen molar-refractivity contribution in [2.75, 3.05) is 0 Å². The van der Waals surface area contributed by atoms with Crippen LogP contribution in [0.2, 0.25) is 0 Å². The van der Waals surface area contributed by atoms with E-state index in [1.165, 1.54) is 43.8 Å². The first-order valence-electron chi connectivity index (χ1n) is 7.38. The molecular formula is C21H17Li. The van der Waals surface area contributed by atoms with E-state index in [9.17, 15) is 0 Å². The zero-order valence-electron chi connectivity index (χ0n) is 13.4. The Kier molecular flexibility index (Phi) is 3.92. The van der Waals surface area contributed by atoms with E-state index in [1.54, 1.807) is 0 Å². The molecule has 1 heteroatoms. The van der Waals surface area contributed by atoms with Gasteiger partial charge in [-0.2, -0.15) is 6.07 Å². The van der Waals surface area contributed by atoms with Crippen molar-refractivity contribution in [2.24, 2.45) is 0 Å². The van der Waals surface area contributed by atoms with Crippen LogP contribution < -0.4 is 18.9 Å². The summed E-state index contributed by atoms with van der Waals surface area (Å²) in [5.41, 5.74) is 5.32. The number of fused-ring (bicyclic) bond motifs is 2. The van der Waals surface area contributed by atoms with Crippen LogP contribution in [-0.4, -0.2) is 0 Å². The Morgan fingerprint density at radius 1 is 0.727 bits per heavy atom. The van der Waals surface area contributed by atoms with Gasteiger partial charge in [0.05, 0.1) is 0 Å². The molecule has 0 amide bonds. The van der Waals surface area contributed by atoms with Crippen molar-refractivity contribution in [3.63, 3.8) is 0 Å². The molecule has 0 saturated heterocycles. The number of aryl methyl sites for hydroxylation is 2. The molecular weight excluding hydrogens is 259 g/mol. The van der Waals surface area contributed by atoms with Crippen molar-refractivity contribution in [2.45, 2.75) is 13.8 Å². The maximum atomic E-state index is 2.31. The Morgan fingerprint density at radius 3 is 2.36 bits per heavy atom. The molecule has 4 aromatic rings. The quantitative estimate of drug-likeness (QED) is 0.370. The summed E-state index contributed by atoms with van der Waals surface area (Å²) >= 11 is 0. The molecule has 0 radical (unpaired) electrons. The smallest absolute Gasteiger partial charge is 0.165 e. The van der Waals surface area contributed by atoms with Gasteiger partial charge in [0.2, 0.25) is 0 Å². The van der Waals surface area contributed by atoms with Gasteiger partial charge in [-0.15, -0.1) is 28.5 Å². The standard InChI is InChI=1S/C21H17.Li/c1-14-10-17-11-15(2)13-21(20(17)12-14)19-9-5-7-16-6-3-4-8-18(16)19;/h3-13H,1-2H3;/q-1;+1. The van der Waals surface area contributed by atoms with Crippen LogP contribution in [0.5, 0.6) is 0 Å². The molecule has 0 nitrogen and oxygen atoms in total. The summed E-state index contributed by atoms with van der Waals surface area (Å²) in [6, 6.07) is 24.3. The van der Waals surface area contributed by atoms with Gasteiger partial charge in [-0.05, 0) is 23.3 Å². The summed E-state index contributed by atoms with van der Waals surface area (Å²) in [5, 5.41) is 5.32. The van der Waals surface area contributed by atoms with Crippen LogP contribution in [0.1, 0.15) is 11.1 Å². The van der Waals surface area contributed by atoms with Gasteiger partial charge < -0.3 is 0 Å². The van der Waals surface area contributed by atoms with Crippen molar-refractivity contribution in [1.82, 2.24) is 0 Å². The maximum Gasteiger partial charge on any atom is 1.00 e. The van der Waals surface area contributed by atoms with E-state index in [-0.39, 0.29) is 18.9 Å². The molecule has 0 aliphatic rings. The number of hydrogen-bond acceptors (Lipinski definition) is 0. The molecule has 0 heterocycles. The first-order chi connectivity index (χ1) is 10.2.